The molecule has 2 aromatic carbocycles. The fraction of sp³-hybridized carbons (Fsp3) is 0.136. The molecule has 1 aromatic heterocycles. The summed E-state index contributed by atoms with van der Waals surface area (Å²) in [6.07, 6.45) is 2.50. The second-order valence-electron chi connectivity index (χ2n) is 6.65. The van der Waals surface area contributed by atoms with E-state index in [-0.39, 0.29) is 24.6 Å². The lowest BCUT2D eigenvalue weighted by Crippen LogP contribution is -2.26. The predicted molar refractivity (Wildman–Crippen MR) is 110 cm³/mol. The number of hydrogen-bond donors (Lipinski definition) is 3. The fourth-order valence-electron chi connectivity index (χ4n) is 3.53. The molecule has 146 valence electrons. The van der Waals surface area contributed by atoms with E-state index in [1.54, 1.807) is 6.08 Å². The van der Waals surface area contributed by atoms with Crippen molar-refractivity contribution in [3.8, 4) is 11.1 Å². The van der Waals surface area contributed by atoms with Crippen LogP contribution in [-0.2, 0) is 4.74 Å². The van der Waals surface area contributed by atoms with Gasteiger partial charge in [0, 0.05) is 24.1 Å². The summed E-state index contributed by atoms with van der Waals surface area (Å²) in [7, 11) is 0. The van der Waals surface area contributed by atoms with Crippen LogP contribution in [0.15, 0.2) is 70.3 Å². The van der Waals surface area contributed by atoms with Gasteiger partial charge in [-0.3, -0.25) is 19.8 Å². The third kappa shape index (κ3) is 3.89. The van der Waals surface area contributed by atoms with Gasteiger partial charge in [-0.05, 0) is 22.3 Å². The van der Waals surface area contributed by atoms with E-state index in [2.05, 4.69) is 39.8 Å². The van der Waals surface area contributed by atoms with Gasteiger partial charge < -0.3 is 10.1 Å². The molecule has 4 rings (SSSR count). The number of alkyl carbamates (subject to hydrolysis) is 1. The van der Waals surface area contributed by atoms with Crippen LogP contribution in [0.5, 0.6) is 0 Å². The fourth-order valence-corrected chi connectivity index (χ4v) is 3.53. The first-order valence-corrected chi connectivity index (χ1v) is 9.21. The van der Waals surface area contributed by atoms with E-state index >= 15 is 0 Å². The SMILES string of the molecule is O=C(NCC=Cc1cc(=O)[nH][nH]c1=O)OCC1c2ccccc2-c2ccccc21. The average Bonchev–Trinajstić information content (AvgIpc) is 3.06. The van der Waals surface area contributed by atoms with Crippen LogP contribution in [0, 0.1) is 0 Å². The van der Waals surface area contributed by atoms with Crippen molar-refractivity contribution in [3.63, 3.8) is 0 Å². The quantitative estimate of drug-likeness (QED) is 0.624. The van der Waals surface area contributed by atoms with Crippen LogP contribution in [-0.4, -0.2) is 29.4 Å². The third-order valence-electron chi connectivity index (χ3n) is 4.85. The highest BCUT2D eigenvalue weighted by atomic mass is 16.5. The summed E-state index contributed by atoms with van der Waals surface area (Å²) in [5.74, 6) is -0.00158. The van der Waals surface area contributed by atoms with E-state index in [9.17, 15) is 14.4 Å². The maximum absolute atomic E-state index is 12.1. The molecule has 1 aliphatic rings. The van der Waals surface area contributed by atoms with Crippen molar-refractivity contribution in [2.24, 2.45) is 0 Å². The van der Waals surface area contributed by atoms with Crippen LogP contribution in [0.25, 0.3) is 17.2 Å². The zero-order chi connectivity index (χ0) is 20.2. The van der Waals surface area contributed by atoms with Crippen molar-refractivity contribution in [3.05, 3.63) is 98.1 Å². The average molecular weight is 389 g/mol. The van der Waals surface area contributed by atoms with Crippen molar-refractivity contribution in [2.45, 2.75) is 5.92 Å². The van der Waals surface area contributed by atoms with Crippen molar-refractivity contribution < 1.29 is 9.53 Å². The Kier molecular flexibility index (Phi) is 5.11. The second-order valence-corrected chi connectivity index (χ2v) is 6.65. The second kappa shape index (κ2) is 8.02. The number of amides is 1. The van der Waals surface area contributed by atoms with Crippen molar-refractivity contribution >= 4 is 12.2 Å². The van der Waals surface area contributed by atoms with Crippen molar-refractivity contribution in [2.75, 3.05) is 13.2 Å². The van der Waals surface area contributed by atoms with Crippen LogP contribution in [0.2, 0.25) is 0 Å². The van der Waals surface area contributed by atoms with E-state index in [4.69, 9.17) is 4.74 Å². The van der Waals surface area contributed by atoms with Gasteiger partial charge in [-0.25, -0.2) is 4.79 Å². The molecule has 1 amide bonds. The molecule has 3 aromatic rings. The first-order valence-electron chi connectivity index (χ1n) is 9.21. The molecule has 1 heterocycles. The monoisotopic (exact) mass is 389 g/mol. The van der Waals surface area contributed by atoms with Crippen LogP contribution in [0.4, 0.5) is 4.79 Å². The Morgan fingerprint density at radius 1 is 1.00 bits per heavy atom. The van der Waals surface area contributed by atoms with E-state index in [1.165, 1.54) is 23.3 Å². The normalized spacial score (nSPS) is 12.6. The molecule has 0 saturated heterocycles. The largest absolute Gasteiger partial charge is 0.449 e. The molecule has 0 aliphatic heterocycles. The minimum absolute atomic E-state index is 0.00158. The number of aromatic nitrogens is 2. The van der Waals surface area contributed by atoms with Gasteiger partial charge in [0.1, 0.15) is 6.61 Å². The zero-order valence-electron chi connectivity index (χ0n) is 15.5. The molecule has 0 atom stereocenters. The standard InChI is InChI=1S/C22H19N3O4/c26-20-12-14(21(27)25-24-20)6-5-11-23-22(28)29-13-19-17-9-3-1-7-15(17)16-8-2-4-10-18(16)19/h1-10,12,19H,11,13H2,(H,23,28)(H,24,26)(H,25,27). The van der Waals surface area contributed by atoms with Gasteiger partial charge >= 0.3 is 6.09 Å². The van der Waals surface area contributed by atoms with Gasteiger partial charge in [0.05, 0.1) is 0 Å². The Bertz CT molecular complexity index is 1150. The highest BCUT2D eigenvalue weighted by molar-refractivity contribution is 5.79. The molecule has 0 saturated carbocycles. The maximum atomic E-state index is 12.1. The Hall–Kier alpha value is -3.87. The van der Waals surface area contributed by atoms with Gasteiger partial charge in [0.2, 0.25) is 0 Å². The van der Waals surface area contributed by atoms with E-state index in [0.717, 1.165) is 11.1 Å². The first kappa shape index (κ1) is 18.5. The number of fused-ring (bicyclic) bond motifs is 3. The predicted octanol–water partition coefficient (Wildman–Crippen LogP) is 2.62. The van der Waals surface area contributed by atoms with Crippen LogP contribution in [0.3, 0.4) is 0 Å². The van der Waals surface area contributed by atoms with Crippen molar-refractivity contribution in [1.29, 1.82) is 0 Å². The Balaban J connectivity index is 1.36. The molecule has 29 heavy (non-hydrogen) atoms. The molecule has 7 heteroatoms. The molecule has 0 radical (unpaired) electrons. The van der Waals surface area contributed by atoms with Gasteiger partial charge in [-0.1, -0.05) is 60.7 Å². The van der Waals surface area contributed by atoms with E-state index < -0.39 is 17.2 Å². The molecule has 0 bridgehead atoms. The molecule has 0 spiro atoms. The summed E-state index contributed by atoms with van der Waals surface area (Å²) >= 11 is 0. The van der Waals surface area contributed by atoms with Gasteiger partial charge in [0.15, 0.2) is 0 Å². The first-order chi connectivity index (χ1) is 14.1. The summed E-state index contributed by atoms with van der Waals surface area (Å²) in [5.41, 5.74) is 4.02. The van der Waals surface area contributed by atoms with Crippen molar-refractivity contribution in [1.82, 2.24) is 15.5 Å². The summed E-state index contributed by atoms with van der Waals surface area (Å²) in [5, 5.41) is 7.03. The number of carbonyl (C=O) groups is 1. The third-order valence-corrected chi connectivity index (χ3v) is 4.85. The van der Waals surface area contributed by atoms with E-state index in [1.807, 2.05) is 24.3 Å². The number of H-pyrrole nitrogens is 2. The minimum Gasteiger partial charge on any atom is -0.449 e. The molecule has 7 nitrogen and oxygen atoms in total. The summed E-state index contributed by atoms with van der Waals surface area (Å²) in [6.45, 7) is 0.403. The van der Waals surface area contributed by atoms with Gasteiger partial charge in [0.25, 0.3) is 11.1 Å². The van der Waals surface area contributed by atoms with Crippen LogP contribution < -0.4 is 16.4 Å². The summed E-state index contributed by atoms with van der Waals surface area (Å²) in [4.78, 5) is 34.8. The molecule has 1 aliphatic carbocycles. The minimum atomic E-state index is -0.545. The zero-order valence-corrected chi connectivity index (χ0v) is 15.5. The molecule has 0 unspecified atom stereocenters. The number of rotatable bonds is 5. The number of ether oxygens (including phenoxy) is 1. The lowest BCUT2D eigenvalue weighted by Gasteiger charge is -2.14. The Morgan fingerprint density at radius 2 is 1.66 bits per heavy atom. The van der Waals surface area contributed by atoms with Gasteiger partial charge in [-0.15, -0.1) is 0 Å². The number of carbonyl (C=O) groups excluding carboxylic acids is 1. The summed E-state index contributed by atoms with van der Waals surface area (Å²) in [6, 6.07) is 17.4. The van der Waals surface area contributed by atoms with Gasteiger partial charge in [-0.2, -0.15) is 0 Å². The number of nitrogens with one attached hydrogen (secondary N) is 3. The lowest BCUT2D eigenvalue weighted by molar-refractivity contribution is 0.144. The number of hydrogen-bond acceptors (Lipinski definition) is 4. The smallest absolute Gasteiger partial charge is 0.407 e. The van der Waals surface area contributed by atoms with E-state index in [0.29, 0.717) is 0 Å². The highest BCUT2D eigenvalue weighted by Crippen LogP contribution is 2.44. The molecule has 0 fully saturated rings. The Labute approximate surface area is 166 Å². The maximum Gasteiger partial charge on any atom is 0.407 e. The molecular formula is C22H19N3O4. The van der Waals surface area contributed by atoms with Crippen LogP contribution >= 0.6 is 0 Å². The molecular weight excluding hydrogens is 370 g/mol. The topological polar surface area (TPSA) is 104 Å². The number of aromatic amines is 2. The lowest BCUT2D eigenvalue weighted by atomic mass is 9.98. The molecule has 3 N–H and O–H groups in total. The van der Waals surface area contributed by atoms with Crippen LogP contribution in [0.1, 0.15) is 22.6 Å². The number of benzene rings is 2. The summed E-state index contributed by atoms with van der Waals surface area (Å²) < 4.78 is 5.43. The Morgan fingerprint density at radius 3 is 2.34 bits per heavy atom. The highest BCUT2D eigenvalue weighted by Gasteiger charge is 2.28.